The molecule has 0 spiro atoms. The van der Waals surface area contributed by atoms with Gasteiger partial charge in [-0.1, -0.05) is 41.4 Å². The highest BCUT2D eigenvalue weighted by Crippen LogP contribution is 2.21. The summed E-state index contributed by atoms with van der Waals surface area (Å²) in [6, 6.07) is 11.5. The molecule has 122 valence electrons. The van der Waals surface area contributed by atoms with E-state index < -0.39 is 0 Å². The van der Waals surface area contributed by atoms with Gasteiger partial charge >= 0.3 is 0 Å². The van der Waals surface area contributed by atoms with Gasteiger partial charge in [-0.2, -0.15) is 0 Å². The molecule has 2 N–H and O–H groups in total. The molecule has 0 aliphatic heterocycles. The number of halogens is 2. The van der Waals surface area contributed by atoms with Crippen molar-refractivity contribution in [1.82, 2.24) is 5.32 Å². The van der Waals surface area contributed by atoms with Crippen LogP contribution in [-0.4, -0.2) is 19.0 Å². The first-order valence-electron chi connectivity index (χ1n) is 7.47. The zero-order chi connectivity index (χ0) is 16.8. The van der Waals surface area contributed by atoms with Gasteiger partial charge in [0.15, 0.2) is 0 Å². The predicted octanol–water partition coefficient (Wildman–Crippen LogP) is 4.38. The van der Waals surface area contributed by atoms with Crippen molar-refractivity contribution in [3.8, 4) is 0 Å². The Hall–Kier alpha value is -1.71. The Bertz CT molecular complexity index is 701. The summed E-state index contributed by atoms with van der Waals surface area (Å²) in [7, 11) is 0. The van der Waals surface area contributed by atoms with Crippen LogP contribution in [0.25, 0.3) is 0 Å². The van der Waals surface area contributed by atoms with Crippen LogP contribution in [0.15, 0.2) is 36.4 Å². The van der Waals surface area contributed by atoms with E-state index in [-0.39, 0.29) is 12.5 Å². The number of carbonyl (C=O) groups excluding carboxylic acids is 1. The van der Waals surface area contributed by atoms with Crippen LogP contribution in [-0.2, 0) is 11.2 Å². The first-order chi connectivity index (χ1) is 11.0. The van der Waals surface area contributed by atoms with Crippen molar-refractivity contribution in [2.45, 2.75) is 20.3 Å². The quantitative estimate of drug-likeness (QED) is 0.811. The van der Waals surface area contributed by atoms with Gasteiger partial charge in [0, 0.05) is 22.3 Å². The smallest absolute Gasteiger partial charge is 0.239 e. The van der Waals surface area contributed by atoms with E-state index in [0.29, 0.717) is 23.0 Å². The summed E-state index contributed by atoms with van der Waals surface area (Å²) in [5.74, 6) is -0.0454. The molecule has 2 aromatic rings. The molecule has 5 heteroatoms. The van der Waals surface area contributed by atoms with Gasteiger partial charge in [0.2, 0.25) is 5.91 Å². The van der Waals surface area contributed by atoms with Crippen molar-refractivity contribution in [3.05, 3.63) is 63.1 Å². The van der Waals surface area contributed by atoms with Gasteiger partial charge in [-0.05, 0) is 55.2 Å². The molecule has 0 unspecified atom stereocenters. The van der Waals surface area contributed by atoms with Crippen LogP contribution in [0.1, 0.15) is 16.7 Å². The van der Waals surface area contributed by atoms with Gasteiger partial charge in [-0.3, -0.25) is 4.79 Å². The van der Waals surface area contributed by atoms with Crippen LogP contribution in [0.4, 0.5) is 5.69 Å². The summed E-state index contributed by atoms with van der Waals surface area (Å²) < 4.78 is 0. The predicted molar refractivity (Wildman–Crippen MR) is 97.6 cm³/mol. The lowest BCUT2D eigenvalue weighted by molar-refractivity contribution is -0.119. The number of aryl methyl sites for hydroxylation is 2. The Morgan fingerprint density at radius 1 is 1.09 bits per heavy atom. The van der Waals surface area contributed by atoms with Crippen LogP contribution < -0.4 is 10.6 Å². The lowest BCUT2D eigenvalue weighted by Crippen LogP contribution is -2.31. The average molecular weight is 351 g/mol. The molecule has 0 saturated carbocycles. The molecule has 0 fully saturated rings. The number of hydrogen-bond donors (Lipinski definition) is 2. The molecular weight excluding hydrogens is 331 g/mol. The minimum atomic E-state index is -0.0454. The van der Waals surface area contributed by atoms with Crippen LogP contribution in [0.3, 0.4) is 0 Å². The molecule has 2 aromatic carbocycles. The zero-order valence-corrected chi connectivity index (χ0v) is 14.8. The van der Waals surface area contributed by atoms with E-state index in [1.54, 1.807) is 12.1 Å². The topological polar surface area (TPSA) is 41.1 Å². The van der Waals surface area contributed by atoms with Crippen molar-refractivity contribution >= 4 is 34.8 Å². The van der Waals surface area contributed by atoms with Crippen LogP contribution in [0.5, 0.6) is 0 Å². The largest absolute Gasteiger partial charge is 0.376 e. The molecule has 0 radical (unpaired) electrons. The summed E-state index contributed by atoms with van der Waals surface area (Å²) in [5, 5.41) is 7.29. The molecule has 3 nitrogen and oxygen atoms in total. The molecule has 0 saturated heterocycles. The maximum absolute atomic E-state index is 11.9. The Labute approximate surface area is 147 Å². The number of carbonyl (C=O) groups is 1. The fourth-order valence-corrected chi connectivity index (χ4v) is 2.73. The van der Waals surface area contributed by atoms with Crippen LogP contribution in [0, 0.1) is 13.8 Å². The van der Waals surface area contributed by atoms with Crippen molar-refractivity contribution in [3.63, 3.8) is 0 Å². The van der Waals surface area contributed by atoms with Gasteiger partial charge in [0.25, 0.3) is 0 Å². The van der Waals surface area contributed by atoms with E-state index >= 15 is 0 Å². The number of nitrogens with one attached hydrogen (secondary N) is 2. The fourth-order valence-electron chi connectivity index (χ4n) is 2.23. The summed E-state index contributed by atoms with van der Waals surface area (Å²) in [4.78, 5) is 11.9. The molecule has 0 aliphatic carbocycles. The Morgan fingerprint density at radius 3 is 2.61 bits per heavy atom. The van der Waals surface area contributed by atoms with Crippen molar-refractivity contribution in [2.75, 3.05) is 18.4 Å². The molecule has 0 atom stereocenters. The van der Waals surface area contributed by atoms with E-state index in [1.165, 1.54) is 0 Å². The third-order valence-corrected chi connectivity index (χ3v) is 4.15. The van der Waals surface area contributed by atoms with E-state index in [0.717, 1.165) is 22.4 Å². The van der Waals surface area contributed by atoms with Crippen molar-refractivity contribution in [1.29, 1.82) is 0 Å². The minimum absolute atomic E-state index is 0.0454. The maximum Gasteiger partial charge on any atom is 0.239 e. The van der Waals surface area contributed by atoms with Gasteiger partial charge in [0.1, 0.15) is 0 Å². The maximum atomic E-state index is 11.9. The molecule has 2 rings (SSSR count). The average Bonchev–Trinajstić information content (AvgIpc) is 2.50. The number of anilines is 1. The molecule has 0 heterocycles. The first kappa shape index (κ1) is 17.6. The second-order valence-electron chi connectivity index (χ2n) is 5.51. The lowest BCUT2D eigenvalue weighted by atomic mass is 10.1. The zero-order valence-electron chi connectivity index (χ0n) is 13.2. The van der Waals surface area contributed by atoms with E-state index in [4.69, 9.17) is 23.2 Å². The highest BCUT2D eigenvalue weighted by Gasteiger charge is 2.05. The van der Waals surface area contributed by atoms with E-state index in [1.807, 2.05) is 32.0 Å². The molecular formula is C18H20Cl2N2O. The second-order valence-corrected chi connectivity index (χ2v) is 6.35. The Balaban J connectivity index is 1.78. The SMILES string of the molecule is Cc1ccc(C)c(NCC(=O)NCCc2ccc(Cl)cc2Cl)c1. The molecule has 0 aromatic heterocycles. The molecule has 0 aliphatic rings. The van der Waals surface area contributed by atoms with E-state index in [9.17, 15) is 4.79 Å². The summed E-state index contributed by atoms with van der Waals surface area (Å²) in [6.07, 6.45) is 0.672. The monoisotopic (exact) mass is 350 g/mol. The van der Waals surface area contributed by atoms with Crippen molar-refractivity contribution < 1.29 is 4.79 Å². The summed E-state index contributed by atoms with van der Waals surface area (Å²) in [5.41, 5.74) is 4.24. The number of amides is 1. The number of rotatable bonds is 6. The van der Waals surface area contributed by atoms with Gasteiger partial charge in [-0.15, -0.1) is 0 Å². The standard InChI is InChI=1S/C18H20Cl2N2O/c1-12-3-4-13(2)17(9-12)22-11-18(23)21-8-7-14-5-6-15(19)10-16(14)20/h3-6,9-10,22H,7-8,11H2,1-2H3,(H,21,23). The fraction of sp³-hybridized carbons (Fsp3) is 0.278. The molecule has 23 heavy (non-hydrogen) atoms. The number of hydrogen-bond acceptors (Lipinski definition) is 2. The molecule has 0 bridgehead atoms. The Kier molecular flexibility index (Phi) is 6.31. The second kappa shape index (κ2) is 8.23. The van der Waals surface area contributed by atoms with E-state index in [2.05, 4.69) is 16.7 Å². The third-order valence-electron chi connectivity index (χ3n) is 3.56. The summed E-state index contributed by atoms with van der Waals surface area (Å²) in [6.45, 7) is 4.83. The third kappa shape index (κ3) is 5.45. The first-order valence-corrected chi connectivity index (χ1v) is 8.23. The van der Waals surface area contributed by atoms with Crippen LogP contribution >= 0.6 is 23.2 Å². The van der Waals surface area contributed by atoms with Crippen LogP contribution in [0.2, 0.25) is 10.0 Å². The number of benzene rings is 2. The normalized spacial score (nSPS) is 10.4. The van der Waals surface area contributed by atoms with Gasteiger partial charge < -0.3 is 10.6 Å². The Morgan fingerprint density at radius 2 is 1.87 bits per heavy atom. The van der Waals surface area contributed by atoms with Gasteiger partial charge in [0.05, 0.1) is 6.54 Å². The highest BCUT2D eigenvalue weighted by molar-refractivity contribution is 6.35. The summed E-state index contributed by atoms with van der Waals surface area (Å²) >= 11 is 12.0. The van der Waals surface area contributed by atoms with Gasteiger partial charge in [-0.25, -0.2) is 0 Å². The van der Waals surface area contributed by atoms with Crippen molar-refractivity contribution in [2.24, 2.45) is 0 Å². The highest BCUT2D eigenvalue weighted by atomic mass is 35.5. The lowest BCUT2D eigenvalue weighted by Gasteiger charge is -2.11. The minimum Gasteiger partial charge on any atom is -0.376 e. The molecule has 1 amide bonds.